The number of likely N-dealkylation sites (tertiary alicyclic amines) is 1. The van der Waals surface area contributed by atoms with Crippen LogP contribution in [0, 0.1) is 5.41 Å². The van der Waals surface area contributed by atoms with Crippen molar-refractivity contribution in [2.24, 2.45) is 11.1 Å². The normalized spacial score (nSPS) is 24.1. The molecule has 0 aromatic rings. The predicted molar refractivity (Wildman–Crippen MR) is 84.6 cm³/mol. The fourth-order valence-electron chi connectivity index (χ4n) is 3.23. The molecule has 0 bridgehead atoms. The molecule has 1 amide bonds. The highest BCUT2D eigenvalue weighted by Crippen LogP contribution is 2.30. The molecule has 0 saturated carbocycles. The molecular weight excluding hydrogens is 250 g/mol. The fraction of sp³-hybridized carbons (Fsp3) is 0.938. The van der Waals surface area contributed by atoms with Crippen molar-refractivity contribution in [2.45, 2.75) is 71.9 Å². The lowest BCUT2D eigenvalue weighted by atomic mass is 9.82. The van der Waals surface area contributed by atoms with Gasteiger partial charge in [-0.1, -0.05) is 20.8 Å². The van der Waals surface area contributed by atoms with E-state index in [-0.39, 0.29) is 5.91 Å². The Morgan fingerprint density at radius 2 is 2.15 bits per heavy atom. The maximum atomic E-state index is 11.8. The van der Waals surface area contributed by atoms with E-state index in [1.165, 1.54) is 12.8 Å². The van der Waals surface area contributed by atoms with Gasteiger partial charge in [0.15, 0.2) is 0 Å². The van der Waals surface area contributed by atoms with Gasteiger partial charge in [-0.2, -0.15) is 0 Å². The van der Waals surface area contributed by atoms with Gasteiger partial charge in [0.25, 0.3) is 0 Å². The van der Waals surface area contributed by atoms with E-state index in [2.05, 4.69) is 37.9 Å². The molecule has 1 rings (SSSR count). The standard InChI is InChI=1S/C16H33N3O/c1-6-9-18-16(5,14(17)20)11-13(2)19-10-7-8-15(3,4)12-19/h13,18H,6-12H2,1-5H3,(H2,17,20). The minimum atomic E-state index is -0.600. The molecule has 0 aliphatic carbocycles. The van der Waals surface area contributed by atoms with Gasteiger partial charge >= 0.3 is 0 Å². The topological polar surface area (TPSA) is 58.4 Å². The summed E-state index contributed by atoms with van der Waals surface area (Å²) >= 11 is 0. The number of nitrogens with two attached hydrogens (primary N) is 1. The second-order valence-electron chi connectivity index (χ2n) is 7.41. The van der Waals surface area contributed by atoms with Crippen molar-refractivity contribution >= 4 is 5.91 Å². The zero-order chi connectivity index (χ0) is 15.4. The number of primary amides is 1. The van der Waals surface area contributed by atoms with Gasteiger partial charge in [0, 0.05) is 12.6 Å². The average Bonchev–Trinajstić information content (AvgIpc) is 2.35. The van der Waals surface area contributed by atoms with E-state index in [4.69, 9.17) is 5.73 Å². The minimum absolute atomic E-state index is 0.242. The quantitative estimate of drug-likeness (QED) is 0.752. The summed E-state index contributed by atoms with van der Waals surface area (Å²) in [4.78, 5) is 14.3. The Balaban J connectivity index is 2.66. The molecule has 1 heterocycles. The van der Waals surface area contributed by atoms with E-state index in [0.717, 1.165) is 32.5 Å². The Labute approximate surface area is 124 Å². The third-order valence-electron chi connectivity index (χ3n) is 4.57. The molecule has 1 fully saturated rings. The van der Waals surface area contributed by atoms with Gasteiger partial charge < -0.3 is 16.0 Å². The van der Waals surface area contributed by atoms with Crippen LogP contribution in [-0.2, 0) is 4.79 Å². The third-order valence-corrected chi connectivity index (χ3v) is 4.57. The number of carbonyl (C=O) groups excluding carboxylic acids is 1. The second-order valence-corrected chi connectivity index (χ2v) is 7.41. The van der Waals surface area contributed by atoms with E-state index < -0.39 is 5.54 Å². The summed E-state index contributed by atoms with van der Waals surface area (Å²) in [6, 6.07) is 0.372. The van der Waals surface area contributed by atoms with Gasteiger partial charge in [-0.3, -0.25) is 4.79 Å². The van der Waals surface area contributed by atoms with Crippen LogP contribution in [0.15, 0.2) is 0 Å². The molecule has 1 aliphatic heterocycles. The molecule has 1 saturated heterocycles. The van der Waals surface area contributed by atoms with Crippen molar-refractivity contribution in [2.75, 3.05) is 19.6 Å². The summed E-state index contributed by atoms with van der Waals surface area (Å²) in [6.45, 7) is 14.0. The van der Waals surface area contributed by atoms with Gasteiger partial charge in [-0.15, -0.1) is 0 Å². The van der Waals surface area contributed by atoms with Crippen molar-refractivity contribution in [3.05, 3.63) is 0 Å². The number of piperidine rings is 1. The molecule has 0 aromatic carbocycles. The Morgan fingerprint density at radius 3 is 2.65 bits per heavy atom. The molecule has 0 aromatic heterocycles. The lowest BCUT2D eigenvalue weighted by Gasteiger charge is -2.43. The van der Waals surface area contributed by atoms with Crippen molar-refractivity contribution in [1.29, 1.82) is 0 Å². The molecule has 2 unspecified atom stereocenters. The number of nitrogens with zero attached hydrogens (tertiary/aromatic N) is 1. The first-order chi connectivity index (χ1) is 9.20. The molecule has 4 heteroatoms. The summed E-state index contributed by atoms with van der Waals surface area (Å²) in [5.41, 5.74) is 5.40. The first-order valence-corrected chi connectivity index (χ1v) is 7.99. The highest BCUT2D eigenvalue weighted by atomic mass is 16.1. The van der Waals surface area contributed by atoms with E-state index in [0.29, 0.717) is 11.5 Å². The monoisotopic (exact) mass is 283 g/mol. The lowest BCUT2D eigenvalue weighted by molar-refractivity contribution is -0.124. The molecular formula is C16H33N3O. The van der Waals surface area contributed by atoms with Crippen molar-refractivity contribution in [3.8, 4) is 0 Å². The van der Waals surface area contributed by atoms with Crippen LogP contribution in [-0.4, -0.2) is 42.0 Å². The molecule has 2 atom stereocenters. The Hall–Kier alpha value is -0.610. The molecule has 1 aliphatic rings. The van der Waals surface area contributed by atoms with E-state index in [1.807, 2.05) is 6.92 Å². The molecule has 0 radical (unpaired) electrons. The van der Waals surface area contributed by atoms with E-state index in [1.54, 1.807) is 0 Å². The Kier molecular flexibility index (Phi) is 6.02. The summed E-state index contributed by atoms with van der Waals surface area (Å²) in [6.07, 6.45) is 4.32. The van der Waals surface area contributed by atoms with E-state index in [9.17, 15) is 4.79 Å². The van der Waals surface area contributed by atoms with E-state index >= 15 is 0 Å². The number of carbonyl (C=O) groups is 1. The second kappa shape index (κ2) is 6.90. The minimum Gasteiger partial charge on any atom is -0.368 e. The van der Waals surface area contributed by atoms with Crippen LogP contribution in [0.3, 0.4) is 0 Å². The first-order valence-electron chi connectivity index (χ1n) is 7.99. The predicted octanol–water partition coefficient (Wildman–Crippen LogP) is 2.13. The highest BCUT2D eigenvalue weighted by Gasteiger charge is 2.36. The van der Waals surface area contributed by atoms with Crippen molar-refractivity contribution in [3.63, 3.8) is 0 Å². The van der Waals surface area contributed by atoms with Gasteiger partial charge in [0.1, 0.15) is 0 Å². The third kappa shape index (κ3) is 4.74. The van der Waals surface area contributed by atoms with Crippen LogP contribution in [0.1, 0.15) is 60.3 Å². The Morgan fingerprint density at radius 1 is 1.50 bits per heavy atom. The van der Waals surface area contributed by atoms with Crippen LogP contribution in [0.2, 0.25) is 0 Å². The number of nitrogens with one attached hydrogen (secondary N) is 1. The van der Waals surface area contributed by atoms with Crippen molar-refractivity contribution in [1.82, 2.24) is 10.2 Å². The zero-order valence-electron chi connectivity index (χ0n) is 14.0. The van der Waals surface area contributed by atoms with Crippen LogP contribution < -0.4 is 11.1 Å². The summed E-state index contributed by atoms with van der Waals surface area (Å²) < 4.78 is 0. The molecule has 0 spiro atoms. The van der Waals surface area contributed by atoms with Crippen LogP contribution >= 0.6 is 0 Å². The molecule has 20 heavy (non-hydrogen) atoms. The maximum absolute atomic E-state index is 11.8. The van der Waals surface area contributed by atoms with Gasteiger partial charge in [-0.25, -0.2) is 0 Å². The van der Waals surface area contributed by atoms with Gasteiger partial charge in [0.05, 0.1) is 5.54 Å². The zero-order valence-corrected chi connectivity index (χ0v) is 14.0. The van der Waals surface area contributed by atoms with Gasteiger partial charge in [0.2, 0.25) is 5.91 Å². The van der Waals surface area contributed by atoms with Crippen LogP contribution in [0.5, 0.6) is 0 Å². The number of amides is 1. The summed E-state index contributed by atoms with van der Waals surface area (Å²) in [7, 11) is 0. The van der Waals surface area contributed by atoms with Gasteiger partial charge in [-0.05, 0) is 58.0 Å². The number of rotatable bonds is 7. The lowest BCUT2D eigenvalue weighted by Crippen LogP contribution is -2.57. The molecule has 118 valence electrons. The van der Waals surface area contributed by atoms with Crippen molar-refractivity contribution < 1.29 is 4.79 Å². The number of hydrogen-bond donors (Lipinski definition) is 2. The molecule has 4 nitrogen and oxygen atoms in total. The maximum Gasteiger partial charge on any atom is 0.237 e. The largest absolute Gasteiger partial charge is 0.368 e. The summed E-state index contributed by atoms with van der Waals surface area (Å²) in [5, 5.41) is 3.33. The summed E-state index contributed by atoms with van der Waals surface area (Å²) in [5.74, 6) is -0.242. The van der Waals surface area contributed by atoms with Crippen LogP contribution in [0.25, 0.3) is 0 Å². The SMILES string of the molecule is CCCNC(C)(CC(C)N1CCCC(C)(C)C1)C(N)=O. The number of hydrogen-bond acceptors (Lipinski definition) is 3. The first kappa shape index (κ1) is 17.4. The fourth-order valence-corrected chi connectivity index (χ4v) is 3.23. The smallest absolute Gasteiger partial charge is 0.237 e. The highest BCUT2D eigenvalue weighted by molar-refractivity contribution is 5.84. The van der Waals surface area contributed by atoms with Crippen LogP contribution in [0.4, 0.5) is 0 Å². The average molecular weight is 283 g/mol. The molecule has 3 N–H and O–H groups in total. The Bertz CT molecular complexity index is 330.